The van der Waals surface area contributed by atoms with E-state index < -0.39 is 0 Å². The van der Waals surface area contributed by atoms with Crippen LogP contribution in [0.25, 0.3) is 0 Å². The molecule has 20 heavy (non-hydrogen) atoms. The fraction of sp³-hybridized carbons (Fsp3) is 0.368. The molecule has 0 heterocycles. The molecule has 0 amide bonds. The zero-order chi connectivity index (χ0) is 14.6. The summed E-state index contributed by atoms with van der Waals surface area (Å²) in [5, 5.41) is 0. The first-order valence-electron chi connectivity index (χ1n) is 7.42. The second-order valence-corrected chi connectivity index (χ2v) is 5.98. The molecule has 2 aromatic rings. The SMILES string of the molecule is CCc1ccc(CC(C)(CN)c2ccc(C)cc2)cc1. The number of aryl methyl sites for hydroxylation is 2. The van der Waals surface area contributed by atoms with Gasteiger partial charge in [0, 0.05) is 12.0 Å². The minimum atomic E-state index is 0.00142. The van der Waals surface area contributed by atoms with E-state index >= 15 is 0 Å². The van der Waals surface area contributed by atoms with Crippen molar-refractivity contribution < 1.29 is 0 Å². The molecule has 0 saturated carbocycles. The summed E-state index contributed by atoms with van der Waals surface area (Å²) < 4.78 is 0. The van der Waals surface area contributed by atoms with Crippen molar-refractivity contribution in [2.75, 3.05) is 6.54 Å². The van der Waals surface area contributed by atoms with Gasteiger partial charge in [-0.15, -0.1) is 0 Å². The van der Waals surface area contributed by atoms with E-state index in [0.717, 1.165) is 12.8 Å². The molecule has 0 aromatic heterocycles. The molecular formula is C19H25N. The first kappa shape index (κ1) is 14.8. The molecule has 2 aromatic carbocycles. The molecule has 0 bridgehead atoms. The summed E-state index contributed by atoms with van der Waals surface area (Å²) >= 11 is 0. The Morgan fingerprint density at radius 3 is 1.95 bits per heavy atom. The van der Waals surface area contributed by atoms with Gasteiger partial charge in [0.15, 0.2) is 0 Å². The molecule has 1 heteroatoms. The monoisotopic (exact) mass is 267 g/mol. The lowest BCUT2D eigenvalue weighted by Gasteiger charge is -2.29. The maximum atomic E-state index is 6.08. The number of benzene rings is 2. The van der Waals surface area contributed by atoms with E-state index in [1.165, 1.54) is 22.3 Å². The molecule has 1 unspecified atom stereocenters. The predicted octanol–water partition coefficient (Wildman–Crippen LogP) is 4.02. The molecule has 0 spiro atoms. The zero-order valence-electron chi connectivity index (χ0n) is 12.8. The van der Waals surface area contributed by atoms with Gasteiger partial charge in [0.1, 0.15) is 0 Å². The van der Waals surface area contributed by atoms with Gasteiger partial charge < -0.3 is 5.73 Å². The van der Waals surface area contributed by atoms with Crippen LogP contribution in [0.1, 0.15) is 36.1 Å². The van der Waals surface area contributed by atoms with Gasteiger partial charge in [0.2, 0.25) is 0 Å². The van der Waals surface area contributed by atoms with Crippen molar-refractivity contribution >= 4 is 0 Å². The van der Waals surface area contributed by atoms with Crippen LogP contribution in [-0.4, -0.2) is 6.54 Å². The van der Waals surface area contributed by atoms with E-state index in [1.807, 2.05) is 0 Å². The number of hydrogen-bond acceptors (Lipinski definition) is 1. The summed E-state index contributed by atoms with van der Waals surface area (Å²) in [6.07, 6.45) is 2.07. The van der Waals surface area contributed by atoms with Crippen molar-refractivity contribution in [1.29, 1.82) is 0 Å². The topological polar surface area (TPSA) is 26.0 Å². The number of rotatable bonds is 5. The Bertz CT molecular complexity index is 539. The Morgan fingerprint density at radius 2 is 1.45 bits per heavy atom. The smallest absolute Gasteiger partial charge is 0.00876 e. The molecule has 2 N–H and O–H groups in total. The van der Waals surface area contributed by atoms with Crippen LogP contribution in [0.3, 0.4) is 0 Å². The zero-order valence-corrected chi connectivity index (χ0v) is 12.8. The van der Waals surface area contributed by atoms with Crippen LogP contribution in [0, 0.1) is 6.92 Å². The largest absolute Gasteiger partial charge is 0.330 e. The average Bonchev–Trinajstić information content (AvgIpc) is 2.48. The summed E-state index contributed by atoms with van der Waals surface area (Å²) in [7, 11) is 0. The van der Waals surface area contributed by atoms with Gasteiger partial charge in [0.25, 0.3) is 0 Å². The van der Waals surface area contributed by atoms with Crippen LogP contribution < -0.4 is 5.73 Å². The van der Waals surface area contributed by atoms with Crippen LogP contribution in [0.15, 0.2) is 48.5 Å². The molecule has 0 aliphatic carbocycles. The van der Waals surface area contributed by atoms with Gasteiger partial charge in [-0.1, -0.05) is 67.9 Å². The Kier molecular flexibility index (Phi) is 4.61. The molecule has 1 atom stereocenters. The summed E-state index contributed by atoms with van der Waals surface area (Å²) in [5.41, 5.74) is 11.4. The molecule has 0 fully saturated rings. The summed E-state index contributed by atoms with van der Waals surface area (Å²) in [6.45, 7) is 7.22. The van der Waals surface area contributed by atoms with Crippen LogP contribution >= 0.6 is 0 Å². The van der Waals surface area contributed by atoms with E-state index in [0.29, 0.717) is 6.54 Å². The van der Waals surface area contributed by atoms with E-state index in [9.17, 15) is 0 Å². The van der Waals surface area contributed by atoms with Gasteiger partial charge in [-0.05, 0) is 36.5 Å². The molecule has 0 aliphatic rings. The standard InChI is InChI=1S/C19H25N/c1-4-16-7-9-17(10-8-16)13-19(3,14-20)18-11-5-15(2)6-12-18/h5-12H,4,13-14,20H2,1-3H3. The lowest BCUT2D eigenvalue weighted by molar-refractivity contribution is 0.481. The first-order chi connectivity index (χ1) is 9.57. The quantitative estimate of drug-likeness (QED) is 0.870. The lowest BCUT2D eigenvalue weighted by atomic mass is 9.77. The molecule has 106 valence electrons. The first-order valence-corrected chi connectivity index (χ1v) is 7.42. The lowest BCUT2D eigenvalue weighted by Crippen LogP contribution is -2.34. The van der Waals surface area contributed by atoms with Crippen molar-refractivity contribution in [3.63, 3.8) is 0 Å². The second kappa shape index (κ2) is 6.23. The second-order valence-electron chi connectivity index (χ2n) is 5.98. The van der Waals surface area contributed by atoms with Crippen molar-refractivity contribution in [3.05, 3.63) is 70.8 Å². The summed E-state index contributed by atoms with van der Waals surface area (Å²) in [4.78, 5) is 0. The minimum absolute atomic E-state index is 0.00142. The average molecular weight is 267 g/mol. The van der Waals surface area contributed by atoms with Crippen molar-refractivity contribution in [2.45, 2.75) is 39.0 Å². The maximum absolute atomic E-state index is 6.08. The fourth-order valence-electron chi connectivity index (χ4n) is 2.59. The van der Waals surface area contributed by atoms with E-state index in [-0.39, 0.29) is 5.41 Å². The highest BCUT2D eigenvalue weighted by molar-refractivity contribution is 5.32. The summed E-state index contributed by atoms with van der Waals surface area (Å²) in [5.74, 6) is 0. The molecular weight excluding hydrogens is 242 g/mol. The van der Waals surface area contributed by atoms with Crippen molar-refractivity contribution in [2.24, 2.45) is 5.73 Å². The number of nitrogens with two attached hydrogens (primary N) is 1. The third kappa shape index (κ3) is 3.29. The molecule has 0 aliphatic heterocycles. The Hall–Kier alpha value is -1.60. The number of hydrogen-bond donors (Lipinski definition) is 1. The van der Waals surface area contributed by atoms with Crippen LogP contribution in [-0.2, 0) is 18.3 Å². The van der Waals surface area contributed by atoms with E-state index in [4.69, 9.17) is 5.73 Å². The van der Waals surface area contributed by atoms with Crippen molar-refractivity contribution in [3.8, 4) is 0 Å². The molecule has 0 radical (unpaired) electrons. The van der Waals surface area contributed by atoms with Gasteiger partial charge in [-0.2, -0.15) is 0 Å². The highest BCUT2D eigenvalue weighted by Gasteiger charge is 2.25. The molecule has 1 nitrogen and oxygen atoms in total. The van der Waals surface area contributed by atoms with Gasteiger partial charge in [-0.3, -0.25) is 0 Å². The van der Waals surface area contributed by atoms with Crippen molar-refractivity contribution in [1.82, 2.24) is 0 Å². The predicted molar refractivity (Wildman–Crippen MR) is 87.1 cm³/mol. The van der Waals surface area contributed by atoms with Gasteiger partial charge in [0.05, 0.1) is 0 Å². The Morgan fingerprint density at radius 1 is 0.900 bits per heavy atom. The van der Waals surface area contributed by atoms with Crippen LogP contribution in [0.2, 0.25) is 0 Å². The normalized spacial score (nSPS) is 14.0. The van der Waals surface area contributed by atoms with Gasteiger partial charge in [-0.25, -0.2) is 0 Å². The van der Waals surface area contributed by atoms with Crippen LogP contribution in [0.5, 0.6) is 0 Å². The summed E-state index contributed by atoms with van der Waals surface area (Å²) in [6, 6.07) is 17.7. The van der Waals surface area contributed by atoms with E-state index in [1.54, 1.807) is 0 Å². The highest BCUT2D eigenvalue weighted by Crippen LogP contribution is 2.27. The van der Waals surface area contributed by atoms with E-state index in [2.05, 4.69) is 69.3 Å². The highest BCUT2D eigenvalue weighted by atomic mass is 14.6. The Labute approximate surface area is 122 Å². The van der Waals surface area contributed by atoms with Crippen LogP contribution in [0.4, 0.5) is 0 Å². The minimum Gasteiger partial charge on any atom is -0.330 e. The van der Waals surface area contributed by atoms with Gasteiger partial charge >= 0.3 is 0 Å². The molecule has 2 rings (SSSR count). The fourth-order valence-corrected chi connectivity index (χ4v) is 2.59. The molecule has 0 saturated heterocycles. The third-order valence-electron chi connectivity index (χ3n) is 4.22. The maximum Gasteiger partial charge on any atom is 0.00876 e. The third-order valence-corrected chi connectivity index (χ3v) is 4.22. The Balaban J connectivity index is 2.23.